The zero-order valence-electron chi connectivity index (χ0n) is 10.1. The van der Waals surface area contributed by atoms with E-state index in [4.69, 9.17) is 5.26 Å². The third kappa shape index (κ3) is 7.41. The summed E-state index contributed by atoms with van der Waals surface area (Å²) in [6.07, 6.45) is 3.39. The van der Waals surface area contributed by atoms with E-state index in [-0.39, 0.29) is 11.7 Å². The molecule has 0 saturated carbocycles. The van der Waals surface area contributed by atoms with Gasteiger partial charge in [-0.2, -0.15) is 5.26 Å². The summed E-state index contributed by atoms with van der Waals surface area (Å²) in [4.78, 5) is 13.0. The highest BCUT2D eigenvalue weighted by Gasteiger charge is 2.11. The maximum Gasteiger partial charge on any atom is 0.234 e. The zero-order chi connectivity index (χ0) is 12.4. The van der Waals surface area contributed by atoms with Gasteiger partial charge in [0.05, 0.1) is 12.5 Å². The average molecular weight is 244 g/mol. The maximum absolute atomic E-state index is 11.5. The molecular weight excluding hydrogens is 224 g/mol. The van der Waals surface area contributed by atoms with Crippen molar-refractivity contribution in [2.24, 2.45) is 0 Å². The molecule has 0 radical (unpaired) electrons. The minimum Gasteiger partial charge on any atom is -0.344 e. The molecule has 0 spiro atoms. The fourth-order valence-electron chi connectivity index (χ4n) is 1.18. The molecule has 0 rings (SSSR count). The van der Waals surface area contributed by atoms with Crippen LogP contribution in [0.15, 0.2) is 0 Å². The van der Waals surface area contributed by atoms with Gasteiger partial charge in [0.2, 0.25) is 5.91 Å². The van der Waals surface area contributed by atoms with Crippen LogP contribution in [0.5, 0.6) is 0 Å². The van der Waals surface area contributed by atoms with Gasteiger partial charge in [0.25, 0.3) is 0 Å². The van der Waals surface area contributed by atoms with Gasteiger partial charge in [0.1, 0.15) is 5.75 Å². The number of rotatable bonds is 8. The van der Waals surface area contributed by atoms with Crippen molar-refractivity contribution in [3.63, 3.8) is 0 Å². The van der Waals surface area contributed by atoms with Crippen molar-refractivity contribution in [2.75, 3.05) is 25.1 Å². The Morgan fingerprint density at radius 3 is 2.69 bits per heavy atom. The Balaban J connectivity index is 3.77. The Kier molecular flexibility index (Phi) is 8.82. The predicted octanol–water partition coefficient (Wildman–Crippen LogP) is 1.30. The molecule has 0 aliphatic heterocycles. The average Bonchev–Trinajstić information content (AvgIpc) is 2.26. The van der Waals surface area contributed by atoms with E-state index in [1.807, 2.05) is 6.07 Å². The van der Waals surface area contributed by atoms with Gasteiger partial charge in [-0.3, -0.25) is 9.00 Å². The molecule has 92 valence electrons. The van der Waals surface area contributed by atoms with E-state index in [1.165, 1.54) is 4.90 Å². The van der Waals surface area contributed by atoms with Crippen molar-refractivity contribution < 1.29 is 9.00 Å². The summed E-state index contributed by atoms with van der Waals surface area (Å²) in [6, 6.07) is 1.98. The molecular formula is C11H20N2O2S. The topological polar surface area (TPSA) is 61.2 Å². The van der Waals surface area contributed by atoms with E-state index in [1.54, 1.807) is 7.05 Å². The lowest BCUT2D eigenvalue weighted by Gasteiger charge is -2.14. The van der Waals surface area contributed by atoms with Crippen molar-refractivity contribution in [1.29, 1.82) is 5.26 Å². The van der Waals surface area contributed by atoms with Gasteiger partial charge in [-0.05, 0) is 6.42 Å². The molecule has 0 saturated heterocycles. The lowest BCUT2D eigenvalue weighted by atomic mass is 10.3. The monoisotopic (exact) mass is 244 g/mol. The maximum atomic E-state index is 11.5. The summed E-state index contributed by atoms with van der Waals surface area (Å²) >= 11 is 0. The number of nitriles is 1. The normalized spacial score (nSPS) is 11.8. The van der Waals surface area contributed by atoms with Gasteiger partial charge < -0.3 is 4.90 Å². The smallest absolute Gasteiger partial charge is 0.234 e. The molecule has 0 aromatic carbocycles. The fourth-order valence-corrected chi connectivity index (χ4v) is 2.34. The van der Waals surface area contributed by atoms with E-state index in [9.17, 15) is 9.00 Å². The number of carbonyl (C=O) groups excluding carboxylic acids is 1. The first kappa shape index (κ1) is 15.1. The Bertz CT molecular complexity index is 274. The molecule has 0 heterocycles. The van der Waals surface area contributed by atoms with Crippen LogP contribution in [-0.2, 0) is 15.6 Å². The molecule has 1 atom stereocenters. The van der Waals surface area contributed by atoms with Crippen LogP contribution in [0.4, 0.5) is 0 Å². The van der Waals surface area contributed by atoms with Crippen molar-refractivity contribution >= 4 is 16.7 Å². The van der Waals surface area contributed by atoms with Gasteiger partial charge in [-0.1, -0.05) is 19.8 Å². The summed E-state index contributed by atoms with van der Waals surface area (Å²) in [7, 11) is 0.590. The third-order valence-electron chi connectivity index (χ3n) is 2.24. The van der Waals surface area contributed by atoms with Gasteiger partial charge in [0.15, 0.2) is 0 Å². The number of amides is 1. The van der Waals surface area contributed by atoms with Crippen molar-refractivity contribution in [1.82, 2.24) is 4.90 Å². The number of hydrogen-bond donors (Lipinski definition) is 0. The second-order valence-electron chi connectivity index (χ2n) is 3.72. The second kappa shape index (κ2) is 9.34. The molecule has 1 amide bonds. The summed E-state index contributed by atoms with van der Waals surface area (Å²) < 4.78 is 11.5. The van der Waals surface area contributed by atoms with E-state index < -0.39 is 10.8 Å². The summed E-state index contributed by atoms with van der Waals surface area (Å²) in [5.41, 5.74) is 0. The summed E-state index contributed by atoms with van der Waals surface area (Å²) in [6.45, 7) is 2.51. The van der Waals surface area contributed by atoms with Gasteiger partial charge in [-0.25, -0.2) is 0 Å². The summed E-state index contributed by atoms with van der Waals surface area (Å²) in [5.74, 6) is 0.558. The number of nitrogens with zero attached hydrogens (tertiary/aromatic N) is 2. The first-order valence-corrected chi connectivity index (χ1v) is 7.06. The highest BCUT2D eigenvalue weighted by atomic mass is 32.2. The molecule has 0 aromatic rings. The molecule has 0 aliphatic carbocycles. The third-order valence-corrected chi connectivity index (χ3v) is 3.56. The molecule has 0 aliphatic rings. The minimum absolute atomic E-state index is 0.0889. The van der Waals surface area contributed by atoms with Crippen LogP contribution < -0.4 is 0 Å². The molecule has 5 heteroatoms. The van der Waals surface area contributed by atoms with Crippen LogP contribution in [0.2, 0.25) is 0 Å². The predicted molar refractivity (Wildman–Crippen MR) is 65.3 cm³/mol. The van der Waals surface area contributed by atoms with Crippen LogP contribution >= 0.6 is 0 Å². The Morgan fingerprint density at radius 2 is 2.12 bits per heavy atom. The molecule has 0 fully saturated rings. The van der Waals surface area contributed by atoms with Crippen LogP contribution in [0, 0.1) is 11.3 Å². The second-order valence-corrected chi connectivity index (χ2v) is 5.30. The van der Waals surface area contributed by atoms with Crippen molar-refractivity contribution in [2.45, 2.75) is 32.6 Å². The molecule has 0 aromatic heterocycles. The van der Waals surface area contributed by atoms with Crippen molar-refractivity contribution in [3.05, 3.63) is 0 Å². The molecule has 0 bridgehead atoms. The first-order valence-electron chi connectivity index (χ1n) is 5.57. The molecule has 1 unspecified atom stereocenters. The van der Waals surface area contributed by atoms with Gasteiger partial charge in [-0.15, -0.1) is 0 Å². The van der Waals surface area contributed by atoms with E-state index >= 15 is 0 Å². The Hall–Kier alpha value is -0.890. The van der Waals surface area contributed by atoms with Crippen molar-refractivity contribution in [3.8, 4) is 6.07 Å². The first-order chi connectivity index (χ1) is 7.61. The zero-order valence-corrected chi connectivity index (χ0v) is 10.9. The Morgan fingerprint density at radius 1 is 1.44 bits per heavy atom. The van der Waals surface area contributed by atoms with Crippen LogP contribution in [-0.4, -0.2) is 40.1 Å². The number of unbranched alkanes of at least 4 members (excludes halogenated alkanes) is 2. The molecule has 4 nitrogen and oxygen atoms in total. The highest BCUT2D eigenvalue weighted by molar-refractivity contribution is 7.85. The largest absolute Gasteiger partial charge is 0.344 e. The Labute approximate surface area is 100 Å². The van der Waals surface area contributed by atoms with Crippen LogP contribution in [0.25, 0.3) is 0 Å². The number of hydrogen-bond acceptors (Lipinski definition) is 3. The fraction of sp³-hybridized carbons (Fsp3) is 0.818. The lowest BCUT2D eigenvalue weighted by Crippen LogP contribution is -2.32. The standard InChI is InChI=1S/C11H20N2O2S/c1-3-4-5-9-16(15)10-11(14)13(2)8-6-7-12/h3-6,8-10H2,1-2H3. The highest BCUT2D eigenvalue weighted by Crippen LogP contribution is 1.98. The van der Waals surface area contributed by atoms with E-state index in [0.717, 1.165) is 19.3 Å². The number of carbonyl (C=O) groups is 1. The lowest BCUT2D eigenvalue weighted by molar-refractivity contribution is -0.127. The van der Waals surface area contributed by atoms with E-state index in [2.05, 4.69) is 6.92 Å². The molecule has 0 N–H and O–H groups in total. The van der Waals surface area contributed by atoms with Gasteiger partial charge in [0, 0.05) is 30.1 Å². The summed E-state index contributed by atoms with van der Waals surface area (Å²) in [5, 5.41) is 8.37. The van der Waals surface area contributed by atoms with Crippen LogP contribution in [0.1, 0.15) is 32.6 Å². The van der Waals surface area contributed by atoms with E-state index in [0.29, 0.717) is 18.7 Å². The quantitative estimate of drug-likeness (QED) is 0.605. The SMILES string of the molecule is CCCCCS(=O)CC(=O)N(C)CCC#N. The molecule has 16 heavy (non-hydrogen) atoms. The van der Waals surface area contributed by atoms with Gasteiger partial charge >= 0.3 is 0 Å². The van der Waals surface area contributed by atoms with Crippen LogP contribution in [0.3, 0.4) is 0 Å². The minimum atomic E-state index is -1.05.